The minimum absolute atomic E-state index is 0.0508. The van der Waals surface area contributed by atoms with Crippen molar-refractivity contribution >= 4 is 27.3 Å². The molecule has 9 heteroatoms. The molecule has 4 rings (SSSR count). The van der Waals surface area contributed by atoms with Gasteiger partial charge in [-0.3, -0.25) is 9.78 Å². The first kappa shape index (κ1) is 26.6. The maximum Gasteiger partial charge on any atom is 0.243 e. The van der Waals surface area contributed by atoms with E-state index in [9.17, 15) is 13.2 Å². The number of hydrogen-bond donors (Lipinski definition) is 1. The van der Waals surface area contributed by atoms with E-state index in [1.54, 1.807) is 19.1 Å². The Balaban J connectivity index is 1.27. The smallest absolute Gasteiger partial charge is 0.243 e. The number of hydrogen-bond acceptors (Lipinski definition) is 6. The van der Waals surface area contributed by atoms with Gasteiger partial charge in [-0.1, -0.05) is 0 Å². The number of aromatic nitrogens is 1. The minimum Gasteiger partial charge on any atom is -0.497 e. The molecule has 3 aromatic rings. The van der Waals surface area contributed by atoms with E-state index >= 15 is 0 Å². The van der Waals surface area contributed by atoms with Crippen molar-refractivity contribution in [3.05, 3.63) is 78.1 Å². The molecule has 1 N–H and O–H groups in total. The number of anilines is 2. The van der Waals surface area contributed by atoms with Gasteiger partial charge >= 0.3 is 0 Å². The number of benzene rings is 2. The van der Waals surface area contributed by atoms with E-state index in [2.05, 4.69) is 27.3 Å². The maximum absolute atomic E-state index is 13.0. The summed E-state index contributed by atoms with van der Waals surface area (Å²) in [7, 11) is -0.693. The average Bonchev–Trinajstić information content (AvgIpc) is 2.92. The van der Waals surface area contributed by atoms with Crippen LogP contribution in [0, 0.1) is 6.92 Å². The fraction of sp³-hybridized carbons (Fsp3) is 0.357. The summed E-state index contributed by atoms with van der Waals surface area (Å²) < 4.78 is 32.3. The van der Waals surface area contributed by atoms with Crippen LogP contribution in [0.4, 0.5) is 11.4 Å². The molecule has 196 valence electrons. The molecule has 0 unspecified atom stereocenters. The zero-order chi connectivity index (χ0) is 26.4. The number of pyridine rings is 1. The quantitative estimate of drug-likeness (QED) is 0.447. The van der Waals surface area contributed by atoms with Crippen molar-refractivity contribution in [1.82, 2.24) is 9.29 Å². The van der Waals surface area contributed by atoms with Crippen molar-refractivity contribution < 1.29 is 17.9 Å². The number of sulfonamides is 1. The van der Waals surface area contributed by atoms with E-state index in [1.807, 2.05) is 36.7 Å². The Morgan fingerprint density at radius 3 is 2.38 bits per heavy atom. The van der Waals surface area contributed by atoms with Crippen molar-refractivity contribution in [3.63, 3.8) is 0 Å². The Morgan fingerprint density at radius 2 is 1.76 bits per heavy atom. The average molecular weight is 523 g/mol. The Labute approximate surface area is 219 Å². The van der Waals surface area contributed by atoms with Crippen LogP contribution < -0.4 is 15.0 Å². The van der Waals surface area contributed by atoms with Gasteiger partial charge in [0.2, 0.25) is 15.9 Å². The van der Waals surface area contributed by atoms with Crippen LogP contribution in [0.1, 0.15) is 36.3 Å². The topological polar surface area (TPSA) is 91.8 Å². The highest BCUT2D eigenvalue weighted by Crippen LogP contribution is 2.30. The summed E-state index contributed by atoms with van der Waals surface area (Å²) in [6, 6.07) is 16.9. The normalized spacial score (nSPS) is 14.5. The highest BCUT2D eigenvalue weighted by atomic mass is 32.2. The van der Waals surface area contributed by atoms with Crippen LogP contribution in [-0.4, -0.2) is 57.4 Å². The number of carbonyl (C=O) groups is 1. The third kappa shape index (κ3) is 6.47. The molecule has 1 aliphatic heterocycles. The SMILES string of the molecule is COc1ccc(S(=O)(=O)N(C)CCC(=O)Nc2ccc(N3CCC(c4ccncc4)CC3)cc2)c(C)c1. The van der Waals surface area contributed by atoms with Crippen LogP contribution in [0.3, 0.4) is 0 Å². The van der Waals surface area contributed by atoms with Gasteiger partial charge in [0.25, 0.3) is 0 Å². The van der Waals surface area contributed by atoms with Crippen LogP contribution in [0.25, 0.3) is 0 Å². The molecule has 2 aromatic carbocycles. The zero-order valence-corrected chi connectivity index (χ0v) is 22.4. The number of piperidine rings is 1. The van der Waals surface area contributed by atoms with Crippen molar-refractivity contribution in [2.75, 3.05) is 44.0 Å². The summed E-state index contributed by atoms with van der Waals surface area (Å²) in [5.74, 6) is 0.923. The molecule has 1 saturated heterocycles. The minimum atomic E-state index is -3.71. The fourth-order valence-corrected chi connectivity index (χ4v) is 6.04. The molecular weight excluding hydrogens is 488 g/mol. The van der Waals surface area contributed by atoms with E-state index in [-0.39, 0.29) is 23.8 Å². The fourth-order valence-electron chi connectivity index (χ4n) is 4.67. The van der Waals surface area contributed by atoms with Crippen molar-refractivity contribution in [2.24, 2.45) is 0 Å². The van der Waals surface area contributed by atoms with E-state index in [0.717, 1.165) is 31.6 Å². The van der Waals surface area contributed by atoms with E-state index in [4.69, 9.17) is 4.74 Å². The zero-order valence-electron chi connectivity index (χ0n) is 21.6. The maximum atomic E-state index is 13.0. The van der Waals surface area contributed by atoms with Crippen molar-refractivity contribution in [2.45, 2.75) is 37.0 Å². The van der Waals surface area contributed by atoms with E-state index in [1.165, 1.54) is 30.1 Å². The van der Waals surface area contributed by atoms with Gasteiger partial charge in [-0.25, -0.2) is 12.7 Å². The number of ether oxygens (including phenoxy) is 1. The number of carbonyl (C=O) groups excluding carboxylic acids is 1. The molecule has 0 aliphatic carbocycles. The lowest BCUT2D eigenvalue weighted by atomic mass is 9.90. The van der Waals surface area contributed by atoms with Crippen molar-refractivity contribution in [1.29, 1.82) is 0 Å². The first-order valence-electron chi connectivity index (χ1n) is 12.4. The summed E-state index contributed by atoms with van der Waals surface area (Å²) in [5.41, 5.74) is 3.77. The summed E-state index contributed by atoms with van der Waals surface area (Å²) in [6.45, 7) is 3.76. The Morgan fingerprint density at radius 1 is 1.08 bits per heavy atom. The Kier molecular flexibility index (Phi) is 8.45. The Bertz CT molecular complexity index is 1310. The van der Waals surface area contributed by atoms with Gasteiger partial charge in [-0.15, -0.1) is 0 Å². The second kappa shape index (κ2) is 11.7. The molecule has 1 amide bonds. The first-order valence-corrected chi connectivity index (χ1v) is 13.9. The molecule has 2 heterocycles. The molecule has 1 fully saturated rings. The third-order valence-corrected chi connectivity index (χ3v) is 8.93. The van der Waals surface area contributed by atoms with Gasteiger partial charge in [-0.2, -0.15) is 0 Å². The molecule has 0 atom stereocenters. The molecule has 0 saturated carbocycles. The lowest BCUT2D eigenvalue weighted by Gasteiger charge is -2.34. The van der Waals surface area contributed by atoms with E-state index in [0.29, 0.717) is 22.9 Å². The standard InChI is InChI=1S/C28H34N4O4S/c1-21-20-26(36-3)8-9-27(21)37(34,35)31(2)17-14-28(33)30-24-4-6-25(7-5-24)32-18-12-23(13-19-32)22-10-15-29-16-11-22/h4-11,15-16,20,23H,12-14,17-19H2,1-3H3,(H,30,33). The van der Waals surface area contributed by atoms with Gasteiger partial charge in [-0.05, 0) is 91.4 Å². The van der Waals surface area contributed by atoms with Gasteiger partial charge < -0.3 is 15.0 Å². The Hall–Kier alpha value is -3.43. The summed E-state index contributed by atoms with van der Waals surface area (Å²) >= 11 is 0. The number of aryl methyl sites for hydroxylation is 1. The van der Waals surface area contributed by atoms with Crippen LogP contribution in [-0.2, 0) is 14.8 Å². The summed E-state index contributed by atoms with van der Waals surface area (Å²) in [4.78, 5) is 19.2. The van der Waals surface area contributed by atoms with Gasteiger partial charge in [0.05, 0.1) is 12.0 Å². The van der Waals surface area contributed by atoms with Crippen LogP contribution in [0.15, 0.2) is 71.9 Å². The first-order chi connectivity index (χ1) is 17.8. The largest absolute Gasteiger partial charge is 0.497 e. The van der Waals surface area contributed by atoms with E-state index < -0.39 is 10.0 Å². The van der Waals surface area contributed by atoms with Gasteiger partial charge in [0.15, 0.2) is 0 Å². The number of methoxy groups -OCH3 is 1. The second-order valence-electron chi connectivity index (χ2n) is 9.34. The second-order valence-corrected chi connectivity index (χ2v) is 11.4. The molecule has 0 spiro atoms. The third-order valence-electron chi connectivity index (χ3n) is 6.91. The van der Waals surface area contributed by atoms with Crippen molar-refractivity contribution in [3.8, 4) is 5.75 Å². The van der Waals surface area contributed by atoms with Gasteiger partial charge in [0, 0.05) is 56.9 Å². The molecule has 1 aliphatic rings. The number of rotatable bonds is 9. The monoisotopic (exact) mass is 522 g/mol. The van der Waals surface area contributed by atoms with Gasteiger partial charge in [0.1, 0.15) is 5.75 Å². The number of nitrogens with zero attached hydrogens (tertiary/aromatic N) is 3. The number of nitrogens with one attached hydrogen (secondary N) is 1. The lowest BCUT2D eigenvalue weighted by Crippen LogP contribution is -2.32. The van der Waals surface area contributed by atoms with Crippen LogP contribution in [0.2, 0.25) is 0 Å². The summed E-state index contributed by atoms with van der Waals surface area (Å²) in [6.07, 6.45) is 5.94. The highest BCUT2D eigenvalue weighted by molar-refractivity contribution is 7.89. The van der Waals surface area contributed by atoms with Crippen LogP contribution >= 0.6 is 0 Å². The molecule has 1 aromatic heterocycles. The molecular formula is C28H34N4O4S. The predicted molar refractivity (Wildman–Crippen MR) is 146 cm³/mol. The van der Waals surface area contributed by atoms with Crippen LogP contribution in [0.5, 0.6) is 5.75 Å². The highest BCUT2D eigenvalue weighted by Gasteiger charge is 2.24. The molecule has 0 radical (unpaired) electrons. The summed E-state index contributed by atoms with van der Waals surface area (Å²) in [5, 5.41) is 2.87. The molecule has 8 nitrogen and oxygen atoms in total. The predicted octanol–water partition coefficient (Wildman–Crippen LogP) is 4.43. The molecule has 0 bridgehead atoms. The molecule has 37 heavy (non-hydrogen) atoms. The lowest BCUT2D eigenvalue weighted by molar-refractivity contribution is -0.116. The number of amides is 1.